The third-order valence-electron chi connectivity index (χ3n) is 4.16. The topological polar surface area (TPSA) is 81.8 Å². The lowest BCUT2D eigenvalue weighted by molar-refractivity contribution is 0.516. The highest BCUT2D eigenvalue weighted by Gasteiger charge is 2.29. The summed E-state index contributed by atoms with van der Waals surface area (Å²) in [5.41, 5.74) is 0.731. The third-order valence-corrected chi connectivity index (χ3v) is 4.16. The van der Waals surface area contributed by atoms with Crippen LogP contribution in [0.1, 0.15) is 25.2 Å². The Bertz CT molecular complexity index is 773. The van der Waals surface area contributed by atoms with Crippen molar-refractivity contribution < 1.29 is 4.39 Å². The largest absolute Gasteiger partial charge is 0.350 e. The predicted molar refractivity (Wildman–Crippen MR) is 87.1 cm³/mol. The number of rotatable bonds is 3. The van der Waals surface area contributed by atoms with Crippen molar-refractivity contribution in [1.82, 2.24) is 19.9 Å². The summed E-state index contributed by atoms with van der Waals surface area (Å²) in [6, 6.07) is 2.08. The zero-order chi connectivity index (χ0) is 17.1. The first-order valence-electron chi connectivity index (χ1n) is 7.87. The van der Waals surface area contributed by atoms with Crippen molar-refractivity contribution >= 4 is 11.6 Å². The molecule has 1 atom stereocenters. The molecule has 0 spiro atoms. The van der Waals surface area contributed by atoms with Crippen molar-refractivity contribution in [2.75, 3.05) is 29.4 Å². The molecule has 0 bridgehead atoms. The number of anilines is 2. The lowest BCUT2D eigenvalue weighted by Gasteiger charge is -2.41. The standard InChI is InChI=1S/C16H18FN7/c1-3-12-14(17)16(22-10-21-12)24-7-6-23(9-11(24)2)15-13(8-18)19-4-5-20-15/h4-5,10-11H,3,6-7,9H2,1-2H3. The van der Waals surface area contributed by atoms with Gasteiger partial charge < -0.3 is 9.80 Å². The van der Waals surface area contributed by atoms with Crippen LogP contribution >= 0.6 is 0 Å². The van der Waals surface area contributed by atoms with Crippen LogP contribution in [0, 0.1) is 17.1 Å². The number of halogens is 1. The molecule has 2 aromatic heterocycles. The number of hydrogen-bond donors (Lipinski definition) is 0. The highest BCUT2D eigenvalue weighted by molar-refractivity contribution is 5.52. The molecular formula is C16H18FN7. The minimum atomic E-state index is -0.350. The molecule has 1 fully saturated rings. The van der Waals surface area contributed by atoms with E-state index in [9.17, 15) is 9.65 Å². The van der Waals surface area contributed by atoms with Gasteiger partial charge in [0.2, 0.25) is 0 Å². The molecule has 3 rings (SSSR count). The molecule has 24 heavy (non-hydrogen) atoms. The molecule has 0 aromatic carbocycles. The fourth-order valence-corrected chi connectivity index (χ4v) is 2.95. The molecule has 0 aliphatic carbocycles. The molecule has 0 N–H and O–H groups in total. The van der Waals surface area contributed by atoms with E-state index in [2.05, 4.69) is 26.0 Å². The van der Waals surface area contributed by atoms with Gasteiger partial charge in [0.15, 0.2) is 23.1 Å². The van der Waals surface area contributed by atoms with Crippen molar-refractivity contribution in [3.8, 4) is 6.07 Å². The van der Waals surface area contributed by atoms with E-state index in [4.69, 9.17) is 0 Å². The van der Waals surface area contributed by atoms with Crippen molar-refractivity contribution in [1.29, 1.82) is 5.26 Å². The Balaban J connectivity index is 1.83. The van der Waals surface area contributed by atoms with Crippen LogP contribution in [0.15, 0.2) is 18.7 Å². The highest BCUT2D eigenvalue weighted by Crippen LogP contribution is 2.25. The molecule has 0 radical (unpaired) electrons. The van der Waals surface area contributed by atoms with Gasteiger partial charge in [0.1, 0.15) is 12.4 Å². The second kappa shape index (κ2) is 6.74. The van der Waals surface area contributed by atoms with Crippen molar-refractivity contribution in [2.45, 2.75) is 26.3 Å². The van der Waals surface area contributed by atoms with Gasteiger partial charge in [-0.2, -0.15) is 5.26 Å². The Morgan fingerprint density at radius 2 is 2.00 bits per heavy atom. The number of nitriles is 1. The first kappa shape index (κ1) is 16.1. The fraction of sp³-hybridized carbons (Fsp3) is 0.438. The Morgan fingerprint density at radius 3 is 2.71 bits per heavy atom. The van der Waals surface area contributed by atoms with Crippen LogP contribution in [0.2, 0.25) is 0 Å². The summed E-state index contributed by atoms with van der Waals surface area (Å²) in [5, 5.41) is 9.18. The minimum Gasteiger partial charge on any atom is -0.350 e. The second-order valence-corrected chi connectivity index (χ2v) is 5.64. The molecule has 3 heterocycles. The van der Waals surface area contributed by atoms with Crippen LogP contribution < -0.4 is 9.80 Å². The average molecular weight is 327 g/mol. The molecule has 7 nitrogen and oxygen atoms in total. The van der Waals surface area contributed by atoms with Gasteiger partial charge in [-0.15, -0.1) is 0 Å². The van der Waals surface area contributed by atoms with E-state index in [-0.39, 0.29) is 11.9 Å². The summed E-state index contributed by atoms with van der Waals surface area (Å²) in [6.45, 7) is 5.68. The summed E-state index contributed by atoms with van der Waals surface area (Å²) >= 11 is 0. The summed E-state index contributed by atoms with van der Waals surface area (Å²) in [5.74, 6) is 0.565. The fourth-order valence-electron chi connectivity index (χ4n) is 2.95. The zero-order valence-corrected chi connectivity index (χ0v) is 13.6. The Kier molecular flexibility index (Phi) is 4.51. The molecule has 1 aliphatic rings. The van der Waals surface area contributed by atoms with Gasteiger partial charge in [0.25, 0.3) is 0 Å². The van der Waals surface area contributed by atoms with Crippen LogP contribution in [-0.4, -0.2) is 45.6 Å². The van der Waals surface area contributed by atoms with Gasteiger partial charge in [-0.25, -0.2) is 24.3 Å². The van der Waals surface area contributed by atoms with Crippen molar-refractivity contribution in [3.63, 3.8) is 0 Å². The number of nitrogens with zero attached hydrogens (tertiary/aromatic N) is 7. The van der Waals surface area contributed by atoms with Gasteiger partial charge in [-0.3, -0.25) is 0 Å². The van der Waals surface area contributed by atoms with E-state index >= 15 is 0 Å². The third kappa shape index (κ3) is 2.85. The minimum absolute atomic E-state index is 0.0152. The molecule has 0 amide bonds. The van der Waals surface area contributed by atoms with E-state index in [1.165, 1.54) is 12.5 Å². The van der Waals surface area contributed by atoms with Gasteiger partial charge >= 0.3 is 0 Å². The highest BCUT2D eigenvalue weighted by atomic mass is 19.1. The summed E-state index contributed by atoms with van der Waals surface area (Å²) < 4.78 is 14.5. The Labute approximate surface area is 139 Å². The van der Waals surface area contributed by atoms with Crippen LogP contribution in [0.25, 0.3) is 0 Å². The monoisotopic (exact) mass is 327 g/mol. The SMILES string of the molecule is CCc1ncnc(N2CCN(c3nccnc3C#N)CC2C)c1F. The van der Waals surface area contributed by atoms with Crippen LogP contribution in [0.4, 0.5) is 16.0 Å². The maximum Gasteiger partial charge on any atom is 0.187 e. The maximum atomic E-state index is 14.5. The second-order valence-electron chi connectivity index (χ2n) is 5.64. The molecule has 2 aromatic rings. The normalized spacial score (nSPS) is 17.7. The van der Waals surface area contributed by atoms with Crippen molar-refractivity contribution in [2.24, 2.45) is 0 Å². The lowest BCUT2D eigenvalue weighted by atomic mass is 10.1. The first-order valence-corrected chi connectivity index (χ1v) is 7.87. The maximum absolute atomic E-state index is 14.5. The summed E-state index contributed by atoms with van der Waals surface area (Å²) in [6.07, 6.45) is 5.02. The van der Waals surface area contributed by atoms with Gasteiger partial charge in [-0.05, 0) is 13.3 Å². The molecule has 1 aliphatic heterocycles. The molecule has 124 valence electrons. The zero-order valence-electron chi connectivity index (χ0n) is 13.6. The molecule has 8 heteroatoms. The van der Waals surface area contributed by atoms with Gasteiger partial charge in [0, 0.05) is 38.1 Å². The molecular weight excluding hydrogens is 309 g/mol. The Hall–Kier alpha value is -2.82. The van der Waals surface area contributed by atoms with E-state index in [1.807, 2.05) is 23.6 Å². The quantitative estimate of drug-likeness (QED) is 0.846. The summed E-state index contributed by atoms with van der Waals surface area (Å²) in [4.78, 5) is 20.4. The van der Waals surface area contributed by atoms with Crippen molar-refractivity contribution in [3.05, 3.63) is 35.9 Å². The molecule has 1 unspecified atom stereocenters. The summed E-state index contributed by atoms with van der Waals surface area (Å²) in [7, 11) is 0. The van der Waals surface area contributed by atoms with Gasteiger partial charge in [0.05, 0.1) is 5.69 Å². The lowest BCUT2D eigenvalue weighted by Crippen LogP contribution is -2.53. The van der Waals surface area contributed by atoms with E-state index < -0.39 is 0 Å². The van der Waals surface area contributed by atoms with E-state index in [1.54, 1.807) is 6.20 Å². The molecule has 1 saturated heterocycles. The Morgan fingerprint density at radius 1 is 1.21 bits per heavy atom. The number of hydrogen-bond acceptors (Lipinski definition) is 7. The first-order chi connectivity index (χ1) is 11.7. The average Bonchev–Trinajstić information content (AvgIpc) is 2.62. The van der Waals surface area contributed by atoms with E-state index in [0.29, 0.717) is 49.1 Å². The predicted octanol–water partition coefficient (Wildman–Crippen LogP) is 1.55. The smallest absolute Gasteiger partial charge is 0.187 e. The molecule has 0 saturated carbocycles. The van der Waals surface area contributed by atoms with E-state index in [0.717, 1.165) is 0 Å². The van der Waals surface area contributed by atoms with Crippen LogP contribution in [0.5, 0.6) is 0 Å². The number of piperazine rings is 1. The van der Waals surface area contributed by atoms with Crippen LogP contribution in [-0.2, 0) is 6.42 Å². The van der Waals surface area contributed by atoms with Gasteiger partial charge in [-0.1, -0.05) is 6.92 Å². The number of aromatic nitrogens is 4. The van der Waals surface area contributed by atoms with Crippen LogP contribution in [0.3, 0.4) is 0 Å². The number of aryl methyl sites for hydroxylation is 1.